The van der Waals surface area contributed by atoms with Gasteiger partial charge < -0.3 is 10.0 Å². The zero-order valence-electron chi connectivity index (χ0n) is 10.3. The molecule has 1 amide bonds. The molecule has 5 heteroatoms. The van der Waals surface area contributed by atoms with Crippen molar-refractivity contribution in [3.63, 3.8) is 0 Å². The average Bonchev–Trinajstić information content (AvgIpc) is 2.96. The van der Waals surface area contributed by atoms with E-state index < -0.39 is 11.9 Å². The van der Waals surface area contributed by atoms with Crippen molar-refractivity contribution < 1.29 is 14.7 Å². The van der Waals surface area contributed by atoms with Crippen molar-refractivity contribution >= 4 is 23.5 Å². The number of amides is 1. The minimum atomic E-state index is -0.791. The summed E-state index contributed by atoms with van der Waals surface area (Å²) in [6.45, 7) is 0. The highest BCUT2D eigenvalue weighted by molar-refractivity contribution is 6.30. The Kier molecular flexibility index (Phi) is 2.97. The smallest absolute Gasteiger partial charge is 0.308 e. The minimum absolute atomic E-state index is 0.0760. The molecule has 3 rings (SSSR count). The predicted octanol–water partition coefficient (Wildman–Crippen LogP) is 2.42. The van der Waals surface area contributed by atoms with Crippen LogP contribution in [-0.2, 0) is 4.79 Å². The lowest BCUT2D eigenvalue weighted by Gasteiger charge is -2.23. The Bertz CT molecular complexity index is 528. The molecule has 2 fully saturated rings. The van der Waals surface area contributed by atoms with Gasteiger partial charge in [-0.15, -0.1) is 0 Å². The molecular weight excluding hydrogens is 266 g/mol. The van der Waals surface area contributed by atoms with Crippen molar-refractivity contribution in [3.05, 3.63) is 34.9 Å². The normalized spacial score (nSPS) is 28.7. The van der Waals surface area contributed by atoms with E-state index in [0.717, 1.165) is 12.8 Å². The van der Waals surface area contributed by atoms with Gasteiger partial charge in [-0.3, -0.25) is 9.59 Å². The zero-order chi connectivity index (χ0) is 13.6. The van der Waals surface area contributed by atoms with Gasteiger partial charge in [-0.25, -0.2) is 0 Å². The van der Waals surface area contributed by atoms with Crippen molar-refractivity contribution in [2.75, 3.05) is 0 Å². The van der Waals surface area contributed by atoms with E-state index in [1.807, 2.05) is 0 Å². The lowest BCUT2D eigenvalue weighted by atomic mass is 9.89. The van der Waals surface area contributed by atoms with Gasteiger partial charge in [-0.1, -0.05) is 11.6 Å². The van der Waals surface area contributed by atoms with Crippen LogP contribution in [-0.4, -0.2) is 34.0 Å². The second-order valence-electron chi connectivity index (χ2n) is 5.20. The summed E-state index contributed by atoms with van der Waals surface area (Å²) in [5.41, 5.74) is 0.576. The molecule has 0 spiro atoms. The number of hydrogen-bond donors (Lipinski definition) is 1. The summed E-state index contributed by atoms with van der Waals surface area (Å²) in [4.78, 5) is 25.4. The first kappa shape index (κ1) is 12.5. The van der Waals surface area contributed by atoms with Crippen LogP contribution >= 0.6 is 11.6 Å². The number of benzene rings is 1. The number of halogens is 1. The van der Waals surface area contributed by atoms with Crippen LogP contribution in [0.1, 0.15) is 29.6 Å². The molecule has 0 aromatic heterocycles. The molecule has 2 bridgehead atoms. The number of aliphatic carboxylic acids is 1. The number of carboxylic acid groups (broad SMARTS) is 1. The molecule has 100 valence electrons. The molecule has 3 atom stereocenters. The molecule has 2 heterocycles. The molecule has 1 aromatic rings. The highest BCUT2D eigenvalue weighted by atomic mass is 35.5. The van der Waals surface area contributed by atoms with E-state index in [9.17, 15) is 14.7 Å². The summed E-state index contributed by atoms with van der Waals surface area (Å²) in [5.74, 6) is -1.27. The van der Waals surface area contributed by atoms with Gasteiger partial charge in [0.25, 0.3) is 5.91 Å². The second kappa shape index (κ2) is 4.53. The monoisotopic (exact) mass is 279 g/mol. The maximum Gasteiger partial charge on any atom is 0.308 e. The standard InChI is InChI=1S/C14H14ClNO3/c15-9-3-1-8(2-4-9)13(17)16-10-5-6-12(16)11(7-10)14(18)19/h1-4,10-12H,5-7H2,(H,18,19). The van der Waals surface area contributed by atoms with Gasteiger partial charge in [0.2, 0.25) is 0 Å². The quantitative estimate of drug-likeness (QED) is 0.904. The largest absolute Gasteiger partial charge is 0.481 e. The molecule has 2 aliphatic heterocycles. The summed E-state index contributed by atoms with van der Waals surface area (Å²) in [5, 5.41) is 9.77. The SMILES string of the molecule is O=C(O)C1CC2CCC1N2C(=O)c1ccc(Cl)cc1. The summed E-state index contributed by atoms with van der Waals surface area (Å²) in [6.07, 6.45) is 2.29. The summed E-state index contributed by atoms with van der Waals surface area (Å²) in [7, 11) is 0. The molecule has 4 nitrogen and oxygen atoms in total. The number of carboxylic acids is 1. The van der Waals surface area contributed by atoms with E-state index in [4.69, 9.17) is 11.6 Å². The van der Waals surface area contributed by atoms with Crippen molar-refractivity contribution in [3.8, 4) is 0 Å². The first-order chi connectivity index (χ1) is 9.08. The van der Waals surface area contributed by atoms with E-state index in [1.165, 1.54) is 0 Å². The molecule has 2 saturated heterocycles. The van der Waals surface area contributed by atoms with Gasteiger partial charge in [0.05, 0.1) is 5.92 Å². The van der Waals surface area contributed by atoms with E-state index >= 15 is 0 Å². The Hall–Kier alpha value is -1.55. The van der Waals surface area contributed by atoms with Crippen LogP contribution in [0.25, 0.3) is 0 Å². The maximum atomic E-state index is 12.5. The van der Waals surface area contributed by atoms with Crippen molar-refractivity contribution in [2.45, 2.75) is 31.3 Å². The minimum Gasteiger partial charge on any atom is -0.481 e. The van der Waals surface area contributed by atoms with Gasteiger partial charge in [0.15, 0.2) is 0 Å². The molecule has 1 aromatic carbocycles. The fourth-order valence-corrected chi connectivity index (χ4v) is 3.44. The summed E-state index contributed by atoms with van der Waals surface area (Å²) >= 11 is 5.81. The third kappa shape index (κ3) is 2.00. The van der Waals surface area contributed by atoms with Crippen molar-refractivity contribution in [1.29, 1.82) is 0 Å². The van der Waals surface area contributed by atoms with Gasteiger partial charge in [-0.2, -0.15) is 0 Å². The highest BCUT2D eigenvalue weighted by Crippen LogP contribution is 2.42. The molecule has 0 saturated carbocycles. The highest BCUT2D eigenvalue weighted by Gasteiger charge is 2.51. The van der Waals surface area contributed by atoms with Gasteiger partial charge in [0, 0.05) is 22.7 Å². The Morgan fingerprint density at radius 1 is 1.21 bits per heavy atom. The lowest BCUT2D eigenvalue weighted by molar-refractivity contribution is -0.142. The zero-order valence-corrected chi connectivity index (χ0v) is 11.0. The summed E-state index contributed by atoms with van der Waals surface area (Å²) in [6, 6.07) is 6.68. The molecule has 1 N–H and O–H groups in total. The molecule has 19 heavy (non-hydrogen) atoms. The molecule has 3 unspecified atom stereocenters. The van der Waals surface area contributed by atoms with Crippen LogP contribution < -0.4 is 0 Å². The number of carbonyl (C=O) groups is 2. The van der Waals surface area contributed by atoms with Crippen LogP contribution in [0.3, 0.4) is 0 Å². The summed E-state index contributed by atoms with van der Waals surface area (Å²) < 4.78 is 0. The third-order valence-corrected chi connectivity index (χ3v) is 4.43. The number of hydrogen-bond acceptors (Lipinski definition) is 2. The van der Waals surface area contributed by atoms with Crippen molar-refractivity contribution in [1.82, 2.24) is 4.90 Å². The molecule has 2 aliphatic rings. The molecule has 0 aliphatic carbocycles. The Morgan fingerprint density at radius 3 is 2.47 bits per heavy atom. The maximum absolute atomic E-state index is 12.5. The van der Waals surface area contributed by atoms with Crippen LogP contribution in [0, 0.1) is 5.92 Å². The van der Waals surface area contributed by atoms with Gasteiger partial charge >= 0.3 is 5.97 Å². The van der Waals surface area contributed by atoms with Gasteiger partial charge in [0.1, 0.15) is 0 Å². The number of fused-ring (bicyclic) bond motifs is 2. The van der Waals surface area contributed by atoms with Crippen molar-refractivity contribution in [2.24, 2.45) is 5.92 Å². The number of carbonyl (C=O) groups excluding carboxylic acids is 1. The second-order valence-corrected chi connectivity index (χ2v) is 5.63. The number of rotatable bonds is 2. The fraction of sp³-hybridized carbons (Fsp3) is 0.429. The first-order valence-electron chi connectivity index (χ1n) is 6.39. The predicted molar refractivity (Wildman–Crippen MR) is 70.2 cm³/mol. The van der Waals surface area contributed by atoms with Crippen LogP contribution in [0.15, 0.2) is 24.3 Å². The third-order valence-electron chi connectivity index (χ3n) is 4.18. The molecule has 0 radical (unpaired) electrons. The first-order valence-corrected chi connectivity index (χ1v) is 6.77. The van der Waals surface area contributed by atoms with E-state index in [2.05, 4.69) is 0 Å². The molecular formula is C14H14ClNO3. The van der Waals surface area contributed by atoms with Crippen LogP contribution in [0.2, 0.25) is 5.02 Å². The van der Waals surface area contributed by atoms with Crippen LogP contribution in [0.4, 0.5) is 0 Å². The van der Waals surface area contributed by atoms with Gasteiger partial charge in [-0.05, 0) is 43.5 Å². The van der Waals surface area contributed by atoms with Crippen LogP contribution in [0.5, 0.6) is 0 Å². The van der Waals surface area contributed by atoms with E-state index in [0.29, 0.717) is 17.0 Å². The average molecular weight is 280 g/mol. The van der Waals surface area contributed by atoms with E-state index in [1.54, 1.807) is 29.2 Å². The lowest BCUT2D eigenvalue weighted by Crippen LogP contribution is -2.37. The van der Waals surface area contributed by atoms with E-state index in [-0.39, 0.29) is 18.0 Å². The Labute approximate surface area is 116 Å². The Balaban J connectivity index is 1.85. The topological polar surface area (TPSA) is 57.6 Å². The number of nitrogens with zero attached hydrogens (tertiary/aromatic N) is 1. The Morgan fingerprint density at radius 2 is 1.89 bits per heavy atom. The fourth-order valence-electron chi connectivity index (χ4n) is 3.31.